The van der Waals surface area contributed by atoms with Crippen LogP contribution in [0.2, 0.25) is 0 Å². The fourth-order valence-electron chi connectivity index (χ4n) is 4.09. The summed E-state index contributed by atoms with van der Waals surface area (Å²) in [6.45, 7) is 2.96. The van der Waals surface area contributed by atoms with E-state index in [1.807, 2.05) is 47.5 Å². The van der Waals surface area contributed by atoms with Crippen molar-refractivity contribution in [2.45, 2.75) is 6.42 Å². The van der Waals surface area contributed by atoms with E-state index in [2.05, 4.69) is 52.3 Å². The number of anilines is 1. The van der Waals surface area contributed by atoms with Gasteiger partial charge in [0.25, 0.3) is 5.91 Å². The summed E-state index contributed by atoms with van der Waals surface area (Å²) in [5.74, 6) is 0.813. The SMILES string of the molecule is O=C(c1ccccc1)N1CCCN(c2nccc(-c3ccc4ccccc4c3)n2)CC1. The maximum absolute atomic E-state index is 12.8. The molecule has 3 aromatic carbocycles. The zero-order valence-electron chi connectivity index (χ0n) is 17.3. The molecule has 5 heteroatoms. The maximum Gasteiger partial charge on any atom is 0.253 e. The third kappa shape index (κ3) is 4.12. The average molecular weight is 409 g/mol. The van der Waals surface area contributed by atoms with E-state index >= 15 is 0 Å². The van der Waals surface area contributed by atoms with Gasteiger partial charge >= 0.3 is 0 Å². The third-order valence-corrected chi connectivity index (χ3v) is 5.77. The highest BCUT2D eigenvalue weighted by Gasteiger charge is 2.21. The van der Waals surface area contributed by atoms with Gasteiger partial charge in [0.1, 0.15) is 0 Å². The van der Waals surface area contributed by atoms with Crippen molar-refractivity contribution in [3.8, 4) is 11.3 Å². The smallest absolute Gasteiger partial charge is 0.253 e. The summed E-state index contributed by atoms with van der Waals surface area (Å²) in [5.41, 5.74) is 2.74. The summed E-state index contributed by atoms with van der Waals surface area (Å²) in [4.78, 5) is 26.3. The Labute approximate surface area is 182 Å². The molecule has 0 saturated carbocycles. The van der Waals surface area contributed by atoms with Crippen LogP contribution in [-0.4, -0.2) is 47.0 Å². The van der Waals surface area contributed by atoms with Crippen molar-refractivity contribution in [3.63, 3.8) is 0 Å². The summed E-state index contributed by atoms with van der Waals surface area (Å²) < 4.78 is 0. The average Bonchev–Trinajstić information content (AvgIpc) is 3.10. The minimum absolute atomic E-state index is 0.0910. The van der Waals surface area contributed by atoms with Gasteiger partial charge in [-0.05, 0) is 41.5 Å². The van der Waals surface area contributed by atoms with Crippen LogP contribution in [0, 0.1) is 0 Å². The zero-order valence-corrected chi connectivity index (χ0v) is 17.3. The summed E-state index contributed by atoms with van der Waals surface area (Å²) in [6.07, 6.45) is 2.72. The molecule has 0 spiro atoms. The van der Waals surface area contributed by atoms with Crippen molar-refractivity contribution >= 4 is 22.6 Å². The lowest BCUT2D eigenvalue weighted by Crippen LogP contribution is -2.35. The number of aromatic nitrogens is 2. The Kier molecular flexibility index (Phi) is 5.31. The topological polar surface area (TPSA) is 49.3 Å². The molecule has 5 rings (SSSR count). The zero-order chi connectivity index (χ0) is 21.0. The lowest BCUT2D eigenvalue weighted by Gasteiger charge is -2.22. The molecule has 4 aromatic rings. The van der Waals surface area contributed by atoms with E-state index in [1.165, 1.54) is 10.8 Å². The number of nitrogens with zero attached hydrogens (tertiary/aromatic N) is 4. The van der Waals surface area contributed by atoms with Gasteiger partial charge in [0.2, 0.25) is 5.95 Å². The Morgan fingerprint density at radius 3 is 2.45 bits per heavy atom. The monoisotopic (exact) mass is 408 g/mol. The molecule has 0 atom stereocenters. The summed E-state index contributed by atoms with van der Waals surface area (Å²) in [5, 5.41) is 2.42. The molecular formula is C26H24N4O. The number of fused-ring (bicyclic) bond motifs is 1. The first-order chi connectivity index (χ1) is 15.3. The normalized spacial score (nSPS) is 14.5. The van der Waals surface area contributed by atoms with E-state index in [4.69, 9.17) is 4.98 Å². The van der Waals surface area contributed by atoms with E-state index in [0.29, 0.717) is 6.54 Å². The number of carbonyl (C=O) groups is 1. The molecule has 5 nitrogen and oxygen atoms in total. The third-order valence-electron chi connectivity index (χ3n) is 5.77. The molecule has 0 radical (unpaired) electrons. The quantitative estimate of drug-likeness (QED) is 0.495. The van der Waals surface area contributed by atoms with Gasteiger partial charge in [0.05, 0.1) is 5.69 Å². The van der Waals surface area contributed by atoms with Gasteiger partial charge < -0.3 is 9.80 Å². The fourth-order valence-corrected chi connectivity index (χ4v) is 4.09. The predicted octanol–water partition coefficient (Wildman–Crippen LogP) is 4.65. The van der Waals surface area contributed by atoms with Crippen LogP contribution in [0.25, 0.3) is 22.0 Å². The van der Waals surface area contributed by atoms with Gasteiger partial charge in [0, 0.05) is 43.5 Å². The second kappa shape index (κ2) is 8.56. The van der Waals surface area contributed by atoms with Crippen LogP contribution in [0.4, 0.5) is 5.95 Å². The van der Waals surface area contributed by atoms with E-state index in [0.717, 1.165) is 48.8 Å². The molecule has 2 heterocycles. The standard InChI is InChI=1S/C26H24N4O/c31-25(21-8-2-1-3-9-21)29-15-6-16-30(18-17-29)26-27-14-13-24(28-26)23-12-11-20-7-4-5-10-22(20)19-23/h1-5,7-14,19H,6,15-18H2. The van der Waals surface area contributed by atoms with Gasteiger partial charge in [-0.25, -0.2) is 9.97 Å². The van der Waals surface area contributed by atoms with Gasteiger partial charge in [0.15, 0.2) is 0 Å². The number of hydrogen-bond acceptors (Lipinski definition) is 4. The Bertz CT molecular complexity index is 1210. The molecule has 0 N–H and O–H groups in total. The molecule has 31 heavy (non-hydrogen) atoms. The van der Waals surface area contributed by atoms with Crippen LogP contribution < -0.4 is 4.90 Å². The van der Waals surface area contributed by atoms with Crippen LogP contribution in [0.1, 0.15) is 16.8 Å². The van der Waals surface area contributed by atoms with Gasteiger partial charge in [-0.1, -0.05) is 54.6 Å². The maximum atomic E-state index is 12.8. The number of rotatable bonds is 3. The highest BCUT2D eigenvalue weighted by Crippen LogP contribution is 2.24. The van der Waals surface area contributed by atoms with E-state index in [-0.39, 0.29) is 5.91 Å². The number of amides is 1. The van der Waals surface area contributed by atoms with Gasteiger partial charge in [-0.2, -0.15) is 0 Å². The molecule has 1 aliphatic heterocycles. The Morgan fingerprint density at radius 2 is 1.58 bits per heavy atom. The molecule has 1 fully saturated rings. The molecular weight excluding hydrogens is 384 g/mol. The molecule has 0 unspecified atom stereocenters. The summed E-state index contributed by atoms with van der Waals surface area (Å²) in [7, 11) is 0. The van der Waals surface area contributed by atoms with E-state index in [9.17, 15) is 4.79 Å². The van der Waals surface area contributed by atoms with Crippen molar-refractivity contribution in [1.82, 2.24) is 14.9 Å². The Balaban J connectivity index is 1.34. The van der Waals surface area contributed by atoms with E-state index < -0.39 is 0 Å². The molecule has 1 saturated heterocycles. The minimum Gasteiger partial charge on any atom is -0.339 e. The van der Waals surface area contributed by atoms with Gasteiger partial charge in [-0.3, -0.25) is 4.79 Å². The number of benzene rings is 3. The Hall–Kier alpha value is -3.73. The lowest BCUT2D eigenvalue weighted by molar-refractivity contribution is 0.0767. The summed E-state index contributed by atoms with van der Waals surface area (Å²) >= 11 is 0. The van der Waals surface area contributed by atoms with Crippen LogP contribution >= 0.6 is 0 Å². The highest BCUT2D eigenvalue weighted by atomic mass is 16.2. The molecule has 1 amide bonds. The van der Waals surface area contributed by atoms with Crippen LogP contribution in [0.3, 0.4) is 0 Å². The second-order valence-corrected chi connectivity index (χ2v) is 7.80. The molecule has 0 aliphatic carbocycles. The first-order valence-corrected chi connectivity index (χ1v) is 10.7. The first kappa shape index (κ1) is 19.2. The van der Waals surface area contributed by atoms with Crippen molar-refractivity contribution in [2.24, 2.45) is 0 Å². The fraction of sp³-hybridized carbons (Fsp3) is 0.192. The van der Waals surface area contributed by atoms with Crippen molar-refractivity contribution in [1.29, 1.82) is 0 Å². The lowest BCUT2D eigenvalue weighted by atomic mass is 10.1. The van der Waals surface area contributed by atoms with Crippen LogP contribution in [0.5, 0.6) is 0 Å². The highest BCUT2D eigenvalue weighted by molar-refractivity contribution is 5.94. The molecule has 1 aromatic heterocycles. The number of carbonyl (C=O) groups excluding carboxylic acids is 1. The molecule has 0 bridgehead atoms. The molecule has 154 valence electrons. The van der Waals surface area contributed by atoms with Crippen molar-refractivity contribution < 1.29 is 4.79 Å². The largest absolute Gasteiger partial charge is 0.339 e. The van der Waals surface area contributed by atoms with Crippen LogP contribution in [0.15, 0.2) is 85.1 Å². The summed E-state index contributed by atoms with van der Waals surface area (Å²) in [6, 6.07) is 26.2. The van der Waals surface area contributed by atoms with Crippen molar-refractivity contribution in [2.75, 3.05) is 31.1 Å². The van der Waals surface area contributed by atoms with Crippen LogP contribution in [-0.2, 0) is 0 Å². The first-order valence-electron chi connectivity index (χ1n) is 10.7. The minimum atomic E-state index is 0.0910. The second-order valence-electron chi connectivity index (χ2n) is 7.80. The van der Waals surface area contributed by atoms with Gasteiger partial charge in [-0.15, -0.1) is 0 Å². The Morgan fingerprint density at radius 1 is 0.774 bits per heavy atom. The van der Waals surface area contributed by atoms with E-state index in [1.54, 1.807) is 0 Å². The predicted molar refractivity (Wildman–Crippen MR) is 124 cm³/mol. The number of hydrogen-bond donors (Lipinski definition) is 0. The van der Waals surface area contributed by atoms with Crippen molar-refractivity contribution in [3.05, 3.63) is 90.6 Å². The molecule has 1 aliphatic rings.